The number of hydrogen-bond acceptors (Lipinski definition) is 11. The van der Waals surface area contributed by atoms with Crippen LogP contribution in [0.4, 0.5) is 0 Å². The predicted molar refractivity (Wildman–Crippen MR) is 135 cm³/mol. The SMILES string of the molecule is COc1ccc(CC(CO)C(CO)Cc2ccc(OC3OC(CO)C(O)C(O)C3O)c(OC)c2)cc1OC. The van der Waals surface area contributed by atoms with Gasteiger partial charge in [-0.1, -0.05) is 12.1 Å². The van der Waals surface area contributed by atoms with Crippen LogP contribution in [0.2, 0.25) is 0 Å². The van der Waals surface area contributed by atoms with Crippen LogP contribution in [0.5, 0.6) is 23.0 Å². The molecule has 1 heterocycles. The average Bonchev–Trinajstić information content (AvgIpc) is 2.95. The maximum atomic E-state index is 10.3. The fourth-order valence-electron chi connectivity index (χ4n) is 4.60. The normalized spacial score (nSPS) is 24.9. The minimum atomic E-state index is -1.57. The Balaban J connectivity index is 1.73. The van der Waals surface area contributed by atoms with Crippen molar-refractivity contribution in [1.29, 1.82) is 0 Å². The Hall–Kier alpha value is -2.64. The molecular formula is C27H38O11. The first-order valence-electron chi connectivity index (χ1n) is 12.4. The Morgan fingerprint density at radius 2 is 1.18 bits per heavy atom. The lowest BCUT2D eigenvalue weighted by Crippen LogP contribution is -2.60. The second kappa shape index (κ2) is 13.9. The van der Waals surface area contributed by atoms with Crippen LogP contribution in [0, 0.1) is 11.8 Å². The molecule has 212 valence electrons. The predicted octanol–water partition coefficient (Wildman–Crippen LogP) is -0.107. The maximum Gasteiger partial charge on any atom is 0.229 e. The third kappa shape index (κ3) is 6.86. The van der Waals surface area contributed by atoms with E-state index < -0.39 is 37.3 Å². The minimum absolute atomic E-state index is 0.130. The van der Waals surface area contributed by atoms with E-state index in [1.54, 1.807) is 38.5 Å². The number of aliphatic hydroxyl groups is 6. The van der Waals surface area contributed by atoms with E-state index in [2.05, 4.69) is 0 Å². The Labute approximate surface area is 221 Å². The van der Waals surface area contributed by atoms with Gasteiger partial charge in [-0.3, -0.25) is 0 Å². The summed E-state index contributed by atoms with van der Waals surface area (Å²) in [4.78, 5) is 0. The molecule has 2 aromatic carbocycles. The zero-order chi connectivity index (χ0) is 27.8. The van der Waals surface area contributed by atoms with Crippen molar-refractivity contribution in [3.63, 3.8) is 0 Å². The van der Waals surface area contributed by atoms with Crippen LogP contribution in [0.25, 0.3) is 0 Å². The molecule has 1 aliphatic rings. The van der Waals surface area contributed by atoms with Crippen LogP contribution >= 0.6 is 0 Å². The number of aliphatic hydroxyl groups excluding tert-OH is 6. The summed E-state index contributed by atoms with van der Waals surface area (Å²) in [5.74, 6) is 1.21. The zero-order valence-electron chi connectivity index (χ0n) is 21.8. The number of ether oxygens (including phenoxy) is 5. The van der Waals surface area contributed by atoms with Gasteiger partial charge in [0.1, 0.15) is 24.4 Å². The molecular weight excluding hydrogens is 500 g/mol. The highest BCUT2D eigenvalue weighted by atomic mass is 16.7. The van der Waals surface area contributed by atoms with E-state index in [1.807, 2.05) is 12.1 Å². The molecule has 0 radical (unpaired) electrons. The Kier molecular flexibility index (Phi) is 11.0. The Morgan fingerprint density at radius 3 is 1.66 bits per heavy atom. The lowest BCUT2D eigenvalue weighted by molar-refractivity contribution is -0.277. The molecule has 2 aromatic rings. The lowest BCUT2D eigenvalue weighted by Gasteiger charge is -2.39. The van der Waals surface area contributed by atoms with Gasteiger partial charge in [0.15, 0.2) is 23.0 Å². The van der Waals surface area contributed by atoms with E-state index >= 15 is 0 Å². The second-order valence-corrected chi connectivity index (χ2v) is 9.28. The highest BCUT2D eigenvalue weighted by molar-refractivity contribution is 5.44. The molecule has 0 aromatic heterocycles. The van der Waals surface area contributed by atoms with Crippen LogP contribution in [-0.4, -0.2) is 102 Å². The molecule has 6 N–H and O–H groups in total. The van der Waals surface area contributed by atoms with Crippen molar-refractivity contribution in [3.05, 3.63) is 47.5 Å². The first-order valence-corrected chi connectivity index (χ1v) is 12.4. The largest absolute Gasteiger partial charge is 0.493 e. The molecule has 7 atom stereocenters. The molecule has 0 bridgehead atoms. The van der Waals surface area contributed by atoms with Gasteiger partial charge in [0, 0.05) is 13.2 Å². The molecule has 0 saturated carbocycles. The first-order chi connectivity index (χ1) is 18.3. The molecule has 1 aliphatic heterocycles. The smallest absolute Gasteiger partial charge is 0.229 e. The van der Waals surface area contributed by atoms with Gasteiger partial charge in [0.25, 0.3) is 0 Å². The third-order valence-corrected chi connectivity index (χ3v) is 6.90. The van der Waals surface area contributed by atoms with Gasteiger partial charge in [-0.25, -0.2) is 0 Å². The topological polar surface area (TPSA) is 168 Å². The zero-order valence-corrected chi connectivity index (χ0v) is 21.8. The molecule has 0 spiro atoms. The van der Waals surface area contributed by atoms with Crippen LogP contribution in [0.15, 0.2) is 36.4 Å². The minimum Gasteiger partial charge on any atom is -0.493 e. The van der Waals surface area contributed by atoms with E-state index in [1.165, 1.54) is 7.11 Å². The van der Waals surface area contributed by atoms with Crippen LogP contribution in [0.1, 0.15) is 11.1 Å². The van der Waals surface area contributed by atoms with Crippen LogP contribution in [-0.2, 0) is 17.6 Å². The Morgan fingerprint density at radius 1 is 0.684 bits per heavy atom. The molecule has 1 fully saturated rings. The van der Waals surface area contributed by atoms with Crippen molar-refractivity contribution in [3.8, 4) is 23.0 Å². The fraction of sp³-hybridized carbons (Fsp3) is 0.556. The summed E-state index contributed by atoms with van der Waals surface area (Å²) in [7, 11) is 4.56. The van der Waals surface area contributed by atoms with E-state index in [-0.39, 0.29) is 30.8 Å². The van der Waals surface area contributed by atoms with Gasteiger partial charge in [-0.15, -0.1) is 0 Å². The summed E-state index contributed by atoms with van der Waals surface area (Å²) in [5, 5.41) is 59.9. The number of rotatable bonds is 13. The number of methoxy groups -OCH3 is 3. The van der Waals surface area contributed by atoms with E-state index in [4.69, 9.17) is 23.7 Å². The van der Waals surface area contributed by atoms with Crippen molar-refractivity contribution < 1.29 is 54.3 Å². The first kappa shape index (κ1) is 29.9. The van der Waals surface area contributed by atoms with Crippen molar-refractivity contribution in [2.45, 2.75) is 43.5 Å². The monoisotopic (exact) mass is 538 g/mol. The van der Waals surface area contributed by atoms with Crippen molar-refractivity contribution in [2.24, 2.45) is 11.8 Å². The van der Waals surface area contributed by atoms with Gasteiger partial charge in [0.05, 0.1) is 27.9 Å². The third-order valence-electron chi connectivity index (χ3n) is 6.90. The molecule has 0 aliphatic carbocycles. The highest BCUT2D eigenvalue weighted by Crippen LogP contribution is 2.34. The molecule has 38 heavy (non-hydrogen) atoms. The summed E-state index contributed by atoms with van der Waals surface area (Å²) in [5.41, 5.74) is 1.74. The summed E-state index contributed by atoms with van der Waals surface area (Å²) >= 11 is 0. The molecule has 3 rings (SSSR count). The van der Waals surface area contributed by atoms with E-state index in [0.29, 0.717) is 30.1 Å². The molecule has 11 heteroatoms. The molecule has 11 nitrogen and oxygen atoms in total. The van der Waals surface area contributed by atoms with Crippen LogP contribution in [0.3, 0.4) is 0 Å². The van der Waals surface area contributed by atoms with Gasteiger partial charge in [0.2, 0.25) is 6.29 Å². The summed E-state index contributed by atoms with van der Waals surface area (Å²) in [6.07, 6.45) is -6.12. The van der Waals surface area contributed by atoms with Gasteiger partial charge < -0.3 is 54.3 Å². The Bertz CT molecular complexity index is 1010. The number of hydrogen-bond donors (Lipinski definition) is 6. The molecule has 1 saturated heterocycles. The molecule has 7 unspecified atom stereocenters. The second-order valence-electron chi connectivity index (χ2n) is 9.28. The van der Waals surface area contributed by atoms with Crippen molar-refractivity contribution in [2.75, 3.05) is 41.2 Å². The van der Waals surface area contributed by atoms with Crippen LogP contribution < -0.4 is 18.9 Å². The van der Waals surface area contributed by atoms with E-state index in [0.717, 1.165) is 11.1 Å². The van der Waals surface area contributed by atoms with Crippen molar-refractivity contribution >= 4 is 0 Å². The van der Waals surface area contributed by atoms with Gasteiger partial charge >= 0.3 is 0 Å². The van der Waals surface area contributed by atoms with Gasteiger partial charge in [-0.05, 0) is 60.1 Å². The van der Waals surface area contributed by atoms with E-state index in [9.17, 15) is 30.6 Å². The highest BCUT2D eigenvalue weighted by Gasteiger charge is 2.45. The summed E-state index contributed by atoms with van der Waals surface area (Å²) in [6.45, 7) is -0.849. The number of benzene rings is 2. The quantitative estimate of drug-likeness (QED) is 0.201. The van der Waals surface area contributed by atoms with Gasteiger partial charge in [-0.2, -0.15) is 0 Å². The fourth-order valence-corrected chi connectivity index (χ4v) is 4.60. The summed E-state index contributed by atoms with van der Waals surface area (Å²) < 4.78 is 27.2. The van der Waals surface area contributed by atoms with Crippen molar-refractivity contribution in [1.82, 2.24) is 0 Å². The maximum absolute atomic E-state index is 10.3. The average molecular weight is 539 g/mol. The lowest BCUT2D eigenvalue weighted by atomic mass is 9.83. The molecule has 0 amide bonds. The standard InChI is InChI=1S/C27H38O11/c1-34-19-6-4-15(10-21(19)35-2)8-17(12-28)18(13-29)9-16-5-7-20(22(11-16)36-3)37-27-26(33)25(32)24(31)23(14-30)38-27/h4-7,10-11,17-18,23-33H,8-9,12-14H2,1-3H3. The summed E-state index contributed by atoms with van der Waals surface area (Å²) in [6, 6.07) is 10.6.